The van der Waals surface area contributed by atoms with E-state index in [2.05, 4.69) is 17.2 Å². The van der Waals surface area contributed by atoms with Gasteiger partial charge in [0, 0.05) is 22.6 Å². The van der Waals surface area contributed by atoms with Gasteiger partial charge in [0.05, 0.1) is 0 Å². The fraction of sp³-hybridized carbons (Fsp3) is 0.471. The van der Waals surface area contributed by atoms with Gasteiger partial charge in [-0.15, -0.1) is 0 Å². The lowest BCUT2D eigenvalue weighted by Crippen LogP contribution is -2.38. The van der Waals surface area contributed by atoms with Gasteiger partial charge in [0.2, 0.25) is 0 Å². The number of carbonyl (C=O) groups excluding carboxylic acids is 1. The monoisotopic (exact) mass is 285 g/mol. The number of hydrogen-bond acceptors (Lipinski definition) is 2. The topological polar surface area (TPSA) is 70.9 Å². The molecule has 1 fully saturated rings. The number of nitrogen functional groups attached to an aromatic ring is 1. The lowest BCUT2D eigenvalue weighted by Gasteiger charge is -2.28. The van der Waals surface area contributed by atoms with Gasteiger partial charge in [-0.3, -0.25) is 4.79 Å². The molecule has 2 unspecified atom stereocenters. The van der Waals surface area contributed by atoms with Crippen LogP contribution in [0.25, 0.3) is 10.9 Å². The van der Waals surface area contributed by atoms with Crippen molar-refractivity contribution in [2.24, 2.45) is 5.92 Å². The van der Waals surface area contributed by atoms with Crippen molar-refractivity contribution in [3.8, 4) is 0 Å². The van der Waals surface area contributed by atoms with E-state index in [4.69, 9.17) is 5.73 Å². The number of nitrogens with one attached hydrogen (secondary N) is 2. The van der Waals surface area contributed by atoms with E-state index in [-0.39, 0.29) is 5.91 Å². The van der Waals surface area contributed by atoms with Gasteiger partial charge >= 0.3 is 0 Å². The minimum Gasteiger partial charge on any atom is -0.399 e. The van der Waals surface area contributed by atoms with Crippen LogP contribution in [0.2, 0.25) is 0 Å². The van der Waals surface area contributed by atoms with Crippen LogP contribution in [0.1, 0.15) is 49.5 Å². The van der Waals surface area contributed by atoms with Gasteiger partial charge in [-0.25, -0.2) is 0 Å². The van der Waals surface area contributed by atoms with E-state index in [1.807, 2.05) is 24.3 Å². The summed E-state index contributed by atoms with van der Waals surface area (Å²) in [5, 5.41) is 4.16. The van der Waals surface area contributed by atoms with E-state index in [1.165, 1.54) is 19.3 Å². The molecule has 1 amide bonds. The molecule has 1 aliphatic rings. The zero-order chi connectivity index (χ0) is 14.8. The van der Waals surface area contributed by atoms with Crippen LogP contribution in [0.4, 0.5) is 5.69 Å². The molecule has 1 aromatic heterocycles. The molecule has 1 saturated carbocycles. The highest BCUT2D eigenvalue weighted by Gasteiger charge is 2.23. The fourth-order valence-corrected chi connectivity index (χ4v) is 3.33. The minimum absolute atomic E-state index is 0.00785. The Bertz CT molecular complexity index is 647. The Morgan fingerprint density at radius 2 is 2.24 bits per heavy atom. The molecule has 2 aromatic rings. The predicted molar refractivity (Wildman–Crippen MR) is 86.2 cm³/mol. The largest absolute Gasteiger partial charge is 0.399 e. The van der Waals surface area contributed by atoms with Crippen LogP contribution in [0, 0.1) is 5.92 Å². The van der Waals surface area contributed by atoms with Crippen LogP contribution in [-0.4, -0.2) is 16.9 Å². The van der Waals surface area contributed by atoms with E-state index in [9.17, 15) is 4.79 Å². The molecule has 21 heavy (non-hydrogen) atoms. The van der Waals surface area contributed by atoms with Gasteiger partial charge in [-0.1, -0.05) is 26.2 Å². The molecule has 0 aliphatic heterocycles. The Hall–Kier alpha value is -1.97. The summed E-state index contributed by atoms with van der Waals surface area (Å²) in [5.74, 6) is 0.748. The van der Waals surface area contributed by atoms with Gasteiger partial charge in [-0.2, -0.15) is 0 Å². The van der Waals surface area contributed by atoms with Crippen LogP contribution in [-0.2, 0) is 0 Å². The number of aromatic amines is 1. The van der Waals surface area contributed by atoms with Crippen molar-refractivity contribution in [2.75, 3.05) is 5.73 Å². The SMILES string of the molecule is CCC1CCCC(NC(=O)c2cc3cc(N)ccc3[nH]2)C1. The molecule has 4 N–H and O–H groups in total. The van der Waals surface area contributed by atoms with E-state index in [0.29, 0.717) is 17.4 Å². The third kappa shape index (κ3) is 3.04. The second-order valence-corrected chi connectivity index (χ2v) is 6.14. The molecule has 0 bridgehead atoms. The maximum atomic E-state index is 12.4. The average Bonchev–Trinajstić information content (AvgIpc) is 2.90. The van der Waals surface area contributed by atoms with Gasteiger partial charge in [0.25, 0.3) is 5.91 Å². The van der Waals surface area contributed by atoms with Gasteiger partial charge in [-0.05, 0) is 43.0 Å². The number of H-pyrrole nitrogens is 1. The molecule has 1 aromatic carbocycles. The molecule has 112 valence electrons. The second-order valence-electron chi connectivity index (χ2n) is 6.14. The molecule has 4 heteroatoms. The predicted octanol–water partition coefficient (Wildman–Crippen LogP) is 3.45. The highest BCUT2D eigenvalue weighted by atomic mass is 16.1. The van der Waals surface area contributed by atoms with Gasteiger partial charge in [0.15, 0.2) is 0 Å². The molecule has 1 heterocycles. The van der Waals surface area contributed by atoms with Crippen molar-refractivity contribution in [1.82, 2.24) is 10.3 Å². The lowest BCUT2D eigenvalue weighted by molar-refractivity contribution is 0.0915. The Labute approximate surface area is 125 Å². The maximum absolute atomic E-state index is 12.4. The first-order valence-electron chi connectivity index (χ1n) is 7.85. The molecular weight excluding hydrogens is 262 g/mol. The summed E-state index contributed by atoms with van der Waals surface area (Å²) in [4.78, 5) is 15.6. The van der Waals surface area contributed by atoms with Gasteiger partial charge < -0.3 is 16.0 Å². The van der Waals surface area contributed by atoms with E-state index in [0.717, 1.165) is 29.7 Å². The van der Waals surface area contributed by atoms with Crippen LogP contribution in [0.5, 0.6) is 0 Å². The zero-order valence-corrected chi connectivity index (χ0v) is 12.5. The van der Waals surface area contributed by atoms with Crippen LogP contribution < -0.4 is 11.1 Å². The molecular formula is C17H23N3O. The summed E-state index contributed by atoms with van der Waals surface area (Å²) in [7, 11) is 0. The number of carbonyl (C=O) groups is 1. The van der Waals surface area contributed by atoms with Crippen molar-refractivity contribution in [1.29, 1.82) is 0 Å². The van der Waals surface area contributed by atoms with Crippen molar-refractivity contribution >= 4 is 22.5 Å². The number of hydrogen-bond donors (Lipinski definition) is 3. The molecule has 4 nitrogen and oxygen atoms in total. The number of rotatable bonds is 3. The lowest BCUT2D eigenvalue weighted by atomic mass is 9.84. The summed E-state index contributed by atoms with van der Waals surface area (Å²) >= 11 is 0. The second kappa shape index (κ2) is 5.80. The highest BCUT2D eigenvalue weighted by Crippen LogP contribution is 2.27. The first-order chi connectivity index (χ1) is 10.2. The summed E-state index contributed by atoms with van der Waals surface area (Å²) in [6.07, 6.45) is 5.92. The molecule has 0 saturated heterocycles. The standard InChI is InChI=1S/C17H23N3O/c1-2-11-4-3-5-14(8-11)19-17(21)16-10-12-9-13(18)6-7-15(12)20-16/h6-7,9-11,14,20H,2-5,8,18H2,1H3,(H,19,21). The van der Waals surface area contributed by atoms with Crippen LogP contribution in [0.3, 0.4) is 0 Å². The fourth-order valence-electron chi connectivity index (χ4n) is 3.33. The van der Waals surface area contributed by atoms with Crippen molar-refractivity contribution in [2.45, 2.75) is 45.1 Å². The number of nitrogens with two attached hydrogens (primary N) is 1. The van der Waals surface area contributed by atoms with E-state index < -0.39 is 0 Å². The number of benzene rings is 1. The molecule has 0 radical (unpaired) electrons. The Balaban J connectivity index is 1.71. The Kier molecular flexibility index (Phi) is 3.86. The molecule has 1 aliphatic carbocycles. The number of amides is 1. The number of fused-ring (bicyclic) bond motifs is 1. The molecule has 3 rings (SSSR count). The Morgan fingerprint density at radius 1 is 1.38 bits per heavy atom. The summed E-state index contributed by atoms with van der Waals surface area (Å²) < 4.78 is 0. The maximum Gasteiger partial charge on any atom is 0.267 e. The van der Waals surface area contributed by atoms with Crippen molar-refractivity contribution in [3.63, 3.8) is 0 Å². The van der Waals surface area contributed by atoms with E-state index >= 15 is 0 Å². The molecule has 0 spiro atoms. The quantitative estimate of drug-likeness (QED) is 0.756. The van der Waals surface area contributed by atoms with Crippen molar-refractivity contribution < 1.29 is 4.79 Å². The molecule has 2 atom stereocenters. The van der Waals surface area contributed by atoms with Gasteiger partial charge in [0.1, 0.15) is 5.69 Å². The summed E-state index contributed by atoms with van der Waals surface area (Å²) in [6, 6.07) is 7.83. The Morgan fingerprint density at radius 3 is 3.05 bits per heavy atom. The first kappa shape index (κ1) is 14.0. The van der Waals surface area contributed by atoms with E-state index in [1.54, 1.807) is 0 Å². The average molecular weight is 285 g/mol. The summed E-state index contributed by atoms with van der Waals surface area (Å²) in [6.45, 7) is 2.23. The smallest absolute Gasteiger partial charge is 0.267 e. The van der Waals surface area contributed by atoms with Crippen LogP contribution >= 0.6 is 0 Å². The minimum atomic E-state index is -0.00785. The zero-order valence-electron chi connectivity index (χ0n) is 12.5. The highest BCUT2D eigenvalue weighted by molar-refractivity contribution is 5.98. The third-order valence-electron chi connectivity index (χ3n) is 4.58. The first-order valence-corrected chi connectivity index (χ1v) is 7.85. The van der Waals surface area contributed by atoms with Crippen molar-refractivity contribution in [3.05, 3.63) is 30.0 Å². The summed E-state index contributed by atoms with van der Waals surface area (Å²) in [5.41, 5.74) is 8.06. The normalized spacial score (nSPS) is 22.3. The third-order valence-corrected chi connectivity index (χ3v) is 4.58. The number of aromatic nitrogens is 1. The number of anilines is 1. The van der Waals surface area contributed by atoms with Crippen LogP contribution in [0.15, 0.2) is 24.3 Å².